The van der Waals surface area contributed by atoms with Crippen LogP contribution in [0.4, 0.5) is 10.5 Å². The first-order valence-corrected chi connectivity index (χ1v) is 11.1. The Morgan fingerprint density at radius 1 is 1.00 bits per heavy atom. The highest BCUT2D eigenvalue weighted by atomic mass is 35.5. The monoisotopic (exact) mass is 429 g/mol. The van der Waals surface area contributed by atoms with Crippen LogP contribution in [0.25, 0.3) is 0 Å². The van der Waals surface area contributed by atoms with Gasteiger partial charge in [0.2, 0.25) is 0 Å². The van der Waals surface area contributed by atoms with Crippen LogP contribution in [0, 0.1) is 5.41 Å². The number of likely N-dealkylation sites (tertiary alicyclic amines) is 2. The molecular formula is C23H25Cl2N3O. The summed E-state index contributed by atoms with van der Waals surface area (Å²) < 4.78 is 0. The molecule has 2 aliphatic heterocycles. The van der Waals surface area contributed by atoms with Crippen LogP contribution in [0.2, 0.25) is 10.0 Å². The van der Waals surface area contributed by atoms with E-state index in [4.69, 9.17) is 23.2 Å². The normalized spacial score (nSPS) is 23.7. The largest absolute Gasteiger partial charge is 0.324 e. The fourth-order valence-corrected chi connectivity index (χ4v) is 5.39. The second-order valence-electron chi connectivity index (χ2n) is 8.65. The number of hydrogen-bond acceptors (Lipinski definition) is 2. The second-order valence-corrected chi connectivity index (χ2v) is 9.52. The smallest absolute Gasteiger partial charge is 0.321 e. The Hall–Kier alpha value is -1.75. The Labute approximate surface area is 181 Å². The average molecular weight is 430 g/mol. The lowest BCUT2D eigenvalue weighted by Gasteiger charge is -2.61. The number of halogens is 2. The lowest BCUT2D eigenvalue weighted by atomic mass is 9.63. The summed E-state index contributed by atoms with van der Waals surface area (Å²) in [7, 11) is 0. The Morgan fingerprint density at radius 3 is 2.38 bits per heavy atom. The van der Waals surface area contributed by atoms with Gasteiger partial charge in [-0.1, -0.05) is 41.4 Å². The fraction of sp³-hybridized carbons (Fsp3) is 0.435. The fourth-order valence-electron chi connectivity index (χ4n) is 5.07. The molecule has 152 valence electrons. The van der Waals surface area contributed by atoms with Crippen LogP contribution in [0.15, 0.2) is 48.5 Å². The SMILES string of the molecule is O=C(Nc1cccc(Cl)c1)N1CCC2(CC1)CN(C1CC1)C2c1ccc(Cl)cc1. The van der Waals surface area contributed by atoms with Crippen molar-refractivity contribution in [2.75, 3.05) is 25.0 Å². The lowest BCUT2D eigenvalue weighted by Crippen LogP contribution is -2.63. The van der Waals surface area contributed by atoms with Crippen LogP contribution in [-0.2, 0) is 0 Å². The molecule has 0 radical (unpaired) electrons. The topological polar surface area (TPSA) is 35.6 Å². The maximum Gasteiger partial charge on any atom is 0.321 e. The van der Waals surface area contributed by atoms with Crippen molar-refractivity contribution in [1.29, 1.82) is 0 Å². The predicted octanol–water partition coefficient (Wildman–Crippen LogP) is 5.83. The maximum atomic E-state index is 12.7. The van der Waals surface area contributed by atoms with E-state index in [-0.39, 0.29) is 11.4 Å². The molecule has 2 aromatic rings. The van der Waals surface area contributed by atoms with E-state index in [9.17, 15) is 4.79 Å². The van der Waals surface area contributed by atoms with Crippen molar-refractivity contribution in [2.24, 2.45) is 5.41 Å². The van der Waals surface area contributed by atoms with Crippen molar-refractivity contribution in [3.63, 3.8) is 0 Å². The summed E-state index contributed by atoms with van der Waals surface area (Å²) in [5, 5.41) is 4.39. The van der Waals surface area contributed by atoms with E-state index in [1.54, 1.807) is 12.1 Å². The van der Waals surface area contributed by atoms with Gasteiger partial charge in [-0.25, -0.2) is 4.79 Å². The third-order valence-corrected chi connectivity index (χ3v) is 7.22. The van der Waals surface area contributed by atoms with Gasteiger partial charge in [-0.3, -0.25) is 4.90 Å². The zero-order chi connectivity index (χ0) is 20.0. The van der Waals surface area contributed by atoms with Gasteiger partial charge >= 0.3 is 6.03 Å². The Morgan fingerprint density at radius 2 is 1.72 bits per heavy atom. The van der Waals surface area contributed by atoms with Crippen LogP contribution < -0.4 is 5.32 Å². The van der Waals surface area contributed by atoms with Gasteiger partial charge in [-0.2, -0.15) is 0 Å². The molecule has 4 nitrogen and oxygen atoms in total. The third-order valence-electron chi connectivity index (χ3n) is 6.73. The van der Waals surface area contributed by atoms with Crippen LogP contribution in [0.1, 0.15) is 37.3 Å². The molecule has 3 aliphatic rings. The molecule has 2 heterocycles. The van der Waals surface area contributed by atoms with Crippen molar-refractivity contribution in [3.8, 4) is 0 Å². The number of piperidine rings is 1. The zero-order valence-corrected chi connectivity index (χ0v) is 17.8. The van der Waals surface area contributed by atoms with Gasteiger partial charge in [0.05, 0.1) is 0 Å². The van der Waals surface area contributed by atoms with E-state index in [2.05, 4.69) is 22.3 Å². The Bertz CT molecular complexity index is 905. The Balaban J connectivity index is 1.27. The molecule has 1 saturated carbocycles. The summed E-state index contributed by atoms with van der Waals surface area (Å²) in [4.78, 5) is 17.3. The second kappa shape index (κ2) is 7.50. The molecule has 3 fully saturated rings. The quantitative estimate of drug-likeness (QED) is 0.666. The lowest BCUT2D eigenvalue weighted by molar-refractivity contribution is -0.112. The van der Waals surface area contributed by atoms with Crippen LogP contribution in [0.5, 0.6) is 0 Å². The number of benzene rings is 2. The summed E-state index contributed by atoms with van der Waals surface area (Å²) in [5.74, 6) is 0. The van der Waals surface area contributed by atoms with E-state index in [1.165, 1.54) is 18.4 Å². The molecule has 29 heavy (non-hydrogen) atoms. The highest BCUT2D eigenvalue weighted by Crippen LogP contribution is 2.58. The van der Waals surface area contributed by atoms with Crippen LogP contribution in [-0.4, -0.2) is 41.5 Å². The zero-order valence-electron chi connectivity index (χ0n) is 16.3. The molecular weight excluding hydrogens is 405 g/mol. The minimum absolute atomic E-state index is 0.0384. The summed E-state index contributed by atoms with van der Waals surface area (Å²) in [5.41, 5.74) is 2.37. The van der Waals surface area contributed by atoms with Crippen molar-refractivity contribution >= 4 is 34.9 Å². The summed E-state index contributed by atoms with van der Waals surface area (Å²) in [6.45, 7) is 2.72. The first kappa shape index (κ1) is 19.2. The number of hydrogen-bond donors (Lipinski definition) is 1. The summed E-state index contributed by atoms with van der Waals surface area (Å²) in [6, 6.07) is 16.8. The standard InChI is InChI=1S/C23H25Cl2N3O/c24-17-6-4-16(5-7-17)21-23(15-28(21)20-8-9-20)10-12-27(13-11-23)22(29)26-19-3-1-2-18(25)14-19/h1-7,14,20-21H,8-13,15H2,(H,26,29). The first-order chi connectivity index (χ1) is 14.0. The van der Waals surface area contributed by atoms with Gasteiger partial charge in [-0.05, 0) is 61.6 Å². The molecule has 2 saturated heterocycles. The number of amides is 2. The third kappa shape index (κ3) is 3.74. The van der Waals surface area contributed by atoms with E-state index >= 15 is 0 Å². The van der Waals surface area contributed by atoms with Crippen LogP contribution >= 0.6 is 23.2 Å². The van der Waals surface area contributed by atoms with Crippen molar-refractivity contribution < 1.29 is 4.79 Å². The molecule has 0 aromatic heterocycles. The van der Waals surface area contributed by atoms with Gasteiger partial charge in [0, 0.05) is 52.9 Å². The van der Waals surface area contributed by atoms with Gasteiger partial charge in [0.1, 0.15) is 0 Å². The average Bonchev–Trinajstić information content (AvgIpc) is 3.53. The highest BCUT2D eigenvalue weighted by Gasteiger charge is 2.57. The molecule has 2 aromatic carbocycles. The van der Waals surface area contributed by atoms with Gasteiger partial charge in [-0.15, -0.1) is 0 Å². The molecule has 0 bridgehead atoms. The molecule has 1 unspecified atom stereocenters. The minimum atomic E-state index is -0.0384. The van der Waals surface area contributed by atoms with E-state index in [0.29, 0.717) is 11.1 Å². The number of rotatable bonds is 3. The van der Waals surface area contributed by atoms with Crippen molar-refractivity contribution in [1.82, 2.24) is 9.80 Å². The Kier molecular flexibility index (Phi) is 4.97. The summed E-state index contributed by atoms with van der Waals surface area (Å²) in [6.07, 6.45) is 4.70. The molecule has 1 aliphatic carbocycles. The van der Waals surface area contributed by atoms with E-state index in [0.717, 1.165) is 49.2 Å². The van der Waals surface area contributed by atoms with Gasteiger partial charge in [0.15, 0.2) is 0 Å². The predicted molar refractivity (Wildman–Crippen MR) is 118 cm³/mol. The molecule has 1 N–H and O–H groups in total. The number of nitrogens with zero attached hydrogens (tertiary/aromatic N) is 2. The maximum absolute atomic E-state index is 12.7. The number of carbonyl (C=O) groups is 1. The number of nitrogens with one attached hydrogen (secondary N) is 1. The van der Waals surface area contributed by atoms with Crippen molar-refractivity contribution in [2.45, 2.75) is 37.8 Å². The first-order valence-electron chi connectivity index (χ1n) is 10.4. The van der Waals surface area contributed by atoms with E-state index < -0.39 is 0 Å². The van der Waals surface area contributed by atoms with Crippen molar-refractivity contribution in [3.05, 3.63) is 64.1 Å². The molecule has 2 amide bonds. The molecule has 6 heteroatoms. The number of anilines is 1. The van der Waals surface area contributed by atoms with Gasteiger partial charge < -0.3 is 10.2 Å². The molecule has 1 atom stereocenters. The molecule has 1 spiro atoms. The minimum Gasteiger partial charge on any atom is -0.324 e. The van der Waals surface area contributed by atoms with E-state index in [1.807, 2.05) is 29.2 Å². The summed E-state index contributed by atoms with van der Waals surface area (Å²) >= 11 is 12.2. The van der Waals surface area contributed by atoms with Crippen LogP contribution in [0.3, 0.4) is 0 Å². The molecule has 5 rings (SSSR count). The van der Waals surface area contributed by atoms with Gasteiger partial charge in [0.25, 0.3) is 0 Å². The number of urea groups is 1. The number of carbonyl (C=O) groups excluding carboxylic acids is 1. The highest BCUT2D eigenvalue weighted by molar-refractivity contribution is 6.31.